The number of carbonyl (C=O) groups is 1. The predicted octanol–water partition coefficient (Wildman–Crippen LogP) is 3.16. The second kappa shape index (κ2) is 6.81. The molecule has 4 rings (SSSR count). The maximum Gasteiger partial charge on any atom is 0.317 e. The van der Waals surface area contributed by atoms with Gasteiger partial charge in [-0.25, -0.2) is 0 Å². The molecule has 1 aromatic heterocycles. The van der Waals surface area contributed by atoms with E-state index in [2.05, 4.69) is 16.3 Å². The van der Waals surface area contributed by atoms with Gasteiger partial charge in [-0.2, -0.15) is 0 Å². The zero-order valence-electron chi connectivity index (χ0n) is 14.7. The Morgan fingerprint density at radius 1 is 1.32 bits per heavy atom. The van der Waals surface area contributed by atoms with Crippen molar-refractivity contribution in [3.05, 3.63) is 35.6 Å². The van der Waals surface area contributed by atoms with E-state index in [-0.39, 0.29) is 6.54 Å². The standard InChI is InChI=1S/C20H26N2O3/c1-13-18(17-4-2-3-5-19(17)25-13)10-21-15-8-16(9-15)22(12-20(23)24)11-14-6-7-14/h2-5,14-16,21H,6-12H2,1H3,(H,23,24). The van der Waals surface area contributed by atoms with Gasteiger partial charge in [-0.1, -0.05) is 18.2 Å². The first-order chi connectivity index (χ1) is 12.1. The molecule has 5 heteroatoms. The number of carboxylic acid groups (broad SMARTS) is 1. The van der Waals surface area contributed by atoms with Gasteiger partial charge in [0.25, 0.3) is 0 Å². The van der Waals surface area contributed by atoms with Crippen LogP contribution in [0.4, 0.5) is 0 Å². The molecule has 2 aliphatic carbocycles. The van der Waals surface area contributed by atoms with Crippen molar-refractivity contribution in [1.82, 2.24) is 10.2 Å². The van der Waals surface area contributed by atoms with Crippen molar-refractivity contribution in [1.29, 1.82) is 0 Å². The number of aliphatic carboxylic acids is 1. The highest BCUT2D eigenvalue weighted by atomic mass is 16.4. The summed E-state index contributed by atoms with van der Waals surface area (Å²) in [6.07, 6.45) is 4.60. The van der Waals surface area contributed by atoms with Crippen LogP contribution in [0.1, 0.15) is 37.0 Å². The summed E-state index contributed by atoms with van der Waals surface area (Å²) in [7, 11) is 0. The second-order valence-corrected chi connectivity index (χ2v) is 7.60. The van der Waals surface area contributed by atoms with Gasteiger partial charge in [0.05, 0.1) is 6.54 Å². The maximum absolute atomic E-state index is 11.1. The number of carboxylic acids is 1. The van der Waals surface area contributed by atoms with E-state index in [0.29, 0.717) is 12.1 Å². The molecule has 2 saturated carbocycles. The zero-order chi connectivity index (χ0) is 17.4. The van der Waals surface area contributed by atoms with Gasteiger partial charge in [0.15, 0.2) is 0 Å². The van der Waals surface area contributed by atoms with Crippen LogP contribution < -0.4 is 5.32 Å². The van der Waals surface area contributed by atoms with Gasteiger partial charge in [-0.05, 0) is 44.6 Å². The first-order valence-corrected chi connectivity index (χ1v) is 9.26. The van der Waals surface area contributed by atoms with E-state index >= 15 is 0 Å². The molecular formula is C20H26N2O3. The smallest absolute Gasteiger partial charge is 0.317 e. The Hall–Kier alpha value is -1.85. The van der Waals surface area contributed by atoms with Crippen LogP contribution in [0.3, 0.4) is 0 Å². The van der Waals surface area contributed by atoms with E-state index in [9.17, 15) is 4.79 Å². The molecule has 0 unspecified atom stereocenters. The van der Waals surface area contributed by atoms with E-state index in [1.165, 1.54) is 23.8 Å². The molecule has 0 atom stereocenters. The summed E-state index contributed by atoms with van der Waals surface area (Å²) in [4.78, 5) is 13.3. The number of furan rings is 1. The minimum absolute atomic E-state index is 0.180. The summed E-state index contributed by atoms with van der Waals surface area (Å²) in [6, 6.07) is 9.03. The highest BCUT2D eigenvalue weighted by Crippen LogP contribution is 2.34. The van der Waals surface area contributed by atoms with Gasteiger partial charge in [0.2, 0.25) is 0 Å². The zero-order valence-corrected chi connectivity index (χ0v) is 14.7. The first kappa shape index (κ1) is 16.6. The van der Waals surface area contributed by atoms with Crippen LogP contribution in [0.2, 0.25) is 0 Å². The van der Waals surface area contributed by atoms with Crippen molar-refractivity contribution >= 4 is 16.9 Å². The number of fused-ring (bicyclic) bond motifs is 1. The average molecular weight is 342 g/mol. The molecule has 2 aromatic rings. The second-order valence-electron chi connectivity index (χ2n) is 7.60. The number of aryl methyl sites for hydroxylation is 1. The highest BCUT2D eigenvalue weighted by Gasteiger charge is 2.37. The molecule has 2 aliphatic rings. The third-order valence-corrected chi connectivity index (χ3v) is 5.63. The number of hydrogen-bond donors (Lipinski definition) is 2. The lowest BCUT2D eigenvalue weighted by Gasteiger charge is -2.43. The molecule has 0 bridgehead atoms. The fourth-order valence-electron chi connectivity index (χ4n) is 3.89. The first-order valence-electron chi connectivity index (χ1n) is 9.26. The third-order valence-electron chi connectivity index (χ3n) is 5.63. The number of hydrogen-bond acceptors (Lipinski definition) is 4. The number of benzene rings is 1. The Kier molecular flexibility index (Phi) is 4.52. The molecule has 0 amide bonds. The fourth-order valence-corrected chi connectivity index (χ4v) is 3.89. The van der Waals surface area contributed by atoms with Crippen LogP contribution in [0.15, 0.2) is 28.7 Å². The normalized spacial score (nSPS) is 23.1. The van der Waals surface area contributed by atoms with Crippen molar-refractivity contribution in [2.75, 3.05) is 13.1 Å². The third kappa shape index (κ3) is 3.72. The van der Waals surface area contributed by atoms with Crippen molar-refractivity contribution in [2.24, 2.45) is 5.92 Å². The average Bonchev–Trinajstić information content (AvgIpc) is 3.27. The number of nitrogens with zero attached hydrogens (tertiary/aromatic N) is 1. The van der Waals surface area contributed by atoms with E-state index in [1.807, 2.05) is 25.1 Å². The molecule has 5 nitrogen and oxygen atoms in total. The van der Waals surface area contributed by atoms with E-state index in [4.69, 9.17) is 9.52 Å². The van der Waals surface area contributed by atoms with Crippen LogP contribution in [0.25, 0.3) is 11.0 Å². The number of nitrogens with one attached hydrogen (secondary N) is 1. The molecule has 0 saturated heterocycles. The Morgan fingerprint density at radius 2 is 2.08 bits per heavy atom. The summed E-state index contributed by atoms with van der Waals surface area (Å²) >= 11 is 0. The lowest BCUT2D eigenvalue weighted by molar-refractivity contribution is -0.139. The fraction of sp³-hybridized carbons (Fsp3) is 0.550. The van der Waals surface area contributed by atoms with Crippen molar-refractivity contribution in [3.63, 3.8) is 0 Å². The molecule has 25 heavy (non-hydrogen) atoms. The monoisotopic (exact) mass is 342 g/mol. The summed E-state index contributed by atoms with van der Waals surface area (Å²) < 4.78 is 5.82. The summed E-state index contributed by atoms with van der Waals surface area (Å²) in [5.41, 5.74) is 2.18. The SMILES string of the molecule is Cc1oc2ccccc2c1CNC1CC(N(CC(=O)O)CC2CC2)C1. The van der Waals surface area contributed by atoms with E-state index in [1.54, 1.807) is 0 Å². The molecule has 1 heterocycles. The molecule has 0 aliphatic heterocycles. The largest absolute Gasteiger partial charge is 0.480 e. The van der Waals surface area contributed by atoms with Crippen LogP contribution in [-0.4, -0.2) is 41.1 Å². The van der Waals surface area contributed by atoms with Crippen molar-refractivity contribution in [3.8, 4) is 0 Å². The topological polar surface area (TPSA) is 65.7 Å². The summed E-state index contributed by atoms with van der Waals surface area (Å²) in [5, 5.41) is 14.0. The van der Waals surface area contributed by atoms with Gasteiger partial charge in [0, 0.05) is 36.1 Å². The summed E-state index contributed by atoms with van der Waals surface area (Å²) in [6.45, 7) is 3.96. The van der Waals surface area contributed by atoms with Crippen LogP contribution in [0.5, 0.6) is 0 Å². The Bertz CT molecular complexity index is 759. The van der Waals surface area contributed by atoms with Gasteiger partial charge >= 0.3 is 5.97 Å². The predicted molar refractivity (Wildman–Crippen MR) is 96.5 cm³/mol. The van der Waals surface area contributed by atoms with Crippen molar-refractivity contribution in [2.45, 2.75) is 51.2 Å². The minimum atomic E-state index is -0.711. The molecule has 0 spiro atoms. The lowest BCUT2D eigenvalue weighted by Crippen LogP contribution is -2.54. The quantitative estimate of drug-likeness (QED) is 0.771. The number of para-hydroxylation sites is 1. The summed E-state index contributed by atoms with van der Waals surface area (Å²) in [5.74, 6) is 0.995. The van der Waals surface area contributed by atoms with Gasteiger partial charge in [-0.3, -0.25) is 9.69 Å². The maximum atomic E-state index is 11.1. The van der Waals surface area contributed by atoms with Crippen LogP contribution in [-0.2, 0) is 11.3 Å². The Balaban J connectivity index is 1.31. The highest BCUT2D eigenvalue weighted by molar-refractivity contribution is 5.82. The van der Waals surface area contributed by atoms with Gasteiger partial charge < -0.3 is 14.8 Å². The van der Waals surface area contributed by atoms with Crippen LogP contribution >= 0.6 is 0 Å². The Morgan fingerprint density at radius 3 is 2.80 bits per heavy atom. The van der Waals surface area contributed by atoms with Gasteiger partial charge in [-0.15, -0.1) is 0 Å². The molecule has 1 aromatic carbocycles. The molecule has 2 fully saturated rings. The molecule has 0 radical (unpaired) electrons. The minimum Gasteiger partial charge on any atom is -0.480 e. The van der Waals surface area contributed by atoms with E-state index in [0.717, 1.165) is 43.2 Å². The van der Waals surface area contributed by atoms with Crippen LogP contribution in [0, 0.1) is 12.8 Å². The lowest BCUT2D eigenvalue weighted by atomic mass is 9.85. The van der Waals surface area contributed by atoms with Gasteiger partial charge in [0.1, 0.15) is 11.3 Å². The molecule has 134 valence electrons. The Labute approximate surface area is 148 Å². The molecular weight excluding hydrogens is 316 g/mol. The molecule has 2 N–H and O–H groups in total. The van der Waals surface area contributed by atoms with Crippen molar-refractivity contribution < 1.29 is 14.3 Å². The number of rotatable bonds is 8. The van der Waals surface area contributed by atoms with E-state index < -0.39 is 5.97 Å².